The van der Waals surface area contributed by atoms with Gasteiger partial charge in [-0.05, 0) is 51.5 Å². The van der Waals surface area contributed by atoms with Crippen LogP contribution in [-0.2, 0) is 11.2 Å². The fourth-order valence-corrected chi connectivity index (χ4v) is 4.16. The van der Waals surface area contributed by atoms with Gasteiger partial charge in [-0.15, -0.1) is 0 Å². The fourth-order valence-electron chi connectivity index (χ4n) is 4.16. The molecular formula is C25H18O. The molecule has 0 amide bonds. The van der Waals surface area contributed by atoms with Gasteiger partial charge >= 0.3 is 0 Å². The number of carbonyl (C=O) groups excluding carboxylic acids is 1. The van der Waals surface area contributed by atoms with Crippen molar-refractivity contribution in [2.75, 3.05) is 0 Å². The van der Waals surface area contributed by atoms with Crippen molar-refractivity contribution in [1.82, 2.24) is 0 Å². The van der Waals surface area contributed by atoms with Gasteiger partial charge in [-0.25, -0.2) is 0 Å². The Morgan fingerprint density at radius 3 is 2.15 bits per heavy atom. The fraction of sp³-hybridized carbons (Fsp3) is 0.0800. The average Bonchev–Trinajstić information content (AvgIpc) is 2.71. The van der Waals surface area contributed by atoms with Gasteiger partial charge in [-0.2, -0.15) is 0 Å². The van der Waals surface area contributed by atoms with Gasteiger partial charge in [0.15, 0.2) is 5.78 Å². The lowest BCUT2D eigenvalue weighted by Gasteiger charge is -2.30. The van der Waals surface area contributed by atoms with E-state index in [1.54, 1.807) is 0 Å². The molecule has 1 heteroatoms. The topological polar surface area (TPSA) is 17.1 Å². The maximum Gasteiger partial charge on any atom is 0.167 e. The molecule has 0 bridgehead atoms. The van der Waals surface area contributed by atoms with E-state index in [-0.39, 0.29) is 11.7 Å². The van der Waals surface area contributed by atoms with Crippen LogP contribution in [0.4, 0.5) is 0 Å². The van der Waals surface area contributed by atoms with E-state index in [4.69, 9.17) is 0 Å². The van der Waals surface area contributed by atoms with E-state index in [0.29, 0.717) is 0 Å². The average molecular weight is 334 g/mol. The highest BCUT2D eigenvalue weighted by Gasteiger charge is 2.32. The second kappa shape index (κ2) is 5.96. The summed E-state index contributed by atoms with van der Waals surface area (Å²) in [5, 5.41) is 0. The molecule has 0 aliphatic heterocycles. The van der Waals surface area contributed by atoms with E-state index in [1.165, 1.54) is 27.8 Å². The van der Waals surface area contributed by atoms with Crippen molar-refractivity contribution < 1.29 is 4.79 Å². The number of ketones is 1. The van der Waals surface area contributed by atoms with Gasteiger partial charge < -0.3 is 0 Å². The molecule has 124 valence electrons. The molecule has 1 atom stereocenters. The number of hydrogen-bond donors (Lipinski definition) is 0. The lowest BCUT2D eigenvalue weighted by Crippen LogP contribution is -2.21. The third-order valence-electron chi connectivity index (χ3n) is 5.37. The maximum absolute atomic E-state index is 13.0. The molecule has 0 N–H and O–H groups in total. The molecule has 2 aliphatic rings. The van der Waals surface area contributed by atoms with E-state index < -0.39 is 0 Å². The van der Waals surface area contributed by atoms with Crippen LogP contribution in [0.2, 0.25) is 0 Å². The Bertz CT molecular complexity index is 1060. The summed E-state index contributed by atoms with van der Waals surface area (Å²) in [6.45, 7) is 0. The number of hydrogen-bond acceptors (Lipinski definition) is 1. The zero-order valence-electron chi connectivity index (χ0n) is 14.4. The zero-order valence-corrected chi connectivity index (χ0v) is 14.4. The molecule has 0 saturated heterocycles. The summed E-state index contributed by atoms with van der Waals surface area (Å²) in [5.74, 6) is 0.00884. The zero-order chi connectivity index (χ0) is 17.5. The Morgan fingerprint density at radius 1 is 0.731 bits per heavy atom. The lowest BCUT2D eigenvalue weighted by molar-refractivity contribution is -0.115. The second-order valence-corrected chi connectivity index (χ2v) is 6.92. The molecule has 0 saturated carbocycles. The molecule has 3 aromatic rings. The summed E-state index contributed by atoms with van der Waals surface area (Å²) in [4.78, 5) is 13.0. The molecule has 3 aromatic carbocycles. The summed E-state index contributed by atoms with van der Waals surface area (Å²) in [7, 11) is 0. The van der Waals surface area contributed by atoms with E-state index in [9.17, 15) is 4.79 Å². The molecular weight excluding hydrogens is 316 g/mol. The van der Waals surface area contributed by atoms with Crippen LogP contribution >= 0.6 is 0 Å². The smallest absolute Gasteiger partial charge is 0.167 e. The summed E-state index contributed by atoms with van der Waals surface area (Å²) in [5.41, 5.74) is 8.24. The Morgan fingerprint density at radius 2 is 1.42 bits per heavy atom. The first-order valence-electron chi connectivity index (χ1n) is 9.00. The Kier molecular flexibility index (Phi) is 3.46. The second-order valence-electron chi connectivity index (χ2n) is 6.92. The van der Waals surface area contributed by atoms with Crippen molar-refractivity contribution in [3.8, 4) is 0 Å². The molecule has 0 heterocycles. The van der Waals surface area contributed by atoms with Gasteiger partial charge in [0.25, 0.3) is 0 Å². The van der Waals surface area contributed by atoms with Crippen LogP contribution in [0.5, 0.6) is 0 Å². The van der Waals surface area contributed by atoms with Crippen LogP contribution in [0, 0.1) is 0 Å². The van der Waals surface area contributed by atoms with Crippen molar-refractivity contribution in [1.29, 1.82) is 0 Å². The predicted molar refractivity (Wildman–Crippen MR) is 106 cm³/mol. The van der Waals surface area contributed by atoms with Crippen LogP contribution in [0.25, 0.3) is 11.1 Å². The first-order chi connectivity index (χ1) is 12.8. The minimum atomic E-state index is -0.169. The molecule has 1 unspecified atom stereocenters. The summed E-state index contributed by atoms with van der Waals surface area (Å²) in [6.07, 6.45) is 4.87. The first-order valence-corrected chi connectivity index (χ1v) is 9.00. The van der Waals surface area contributed by atoms with Crippen molar-refractivity contribution >= 4 is 16.9 Å². The Labute approximate surface area is 153 Å². The third kappa shape index (κ3) is 2.36. The summed E-state index contributed by atoms with van der Waals surface area (Å²) >= 11 is 0. The highest BCUT2D eigenvalue weighted by Crippen LogP contribution is 2.43. The SMILES string of the molecule is O=C1C=C(c2ccccc2)c2cccc3c2C1C=C(c1ccccc1)C3. The first kappa shape index (κ1) is 15.1. The Balaban J connectivity index is 1.67. The van der Waals surface area contributed by atoms with Crippen LogP contribution < -0.4 is 0 Å². The van der Waals surface area contributed by atoms with Crippen molar-refractivity contribution in [2.24, 2.45) is 0 Å². The summed E-state index contributed by atoms with van der Waals surface area (Å²) in [6, 6.07) is 27.0. The van der Waals surface area contributed by atoms with Crippen LogP contribution in [0.15, 0.2) is 91.0 Å². The van der Waals surface area contributed by atoms with Gasteiger partial charge in [0.1, 0.15) is 0 Å². The molecule has 2 aliphatic carbocycles. The van der Waals surface area contributed by atoms with Gasteiger partial charge in [-0.3, -0.25) is 4.79 Å². The van der Waals surface area contributed by atoms with E-state index in [1.807, 2.05) is 30.3 Å². The monoisotopic (exact) mass is 334 g/mol. The highest BCUT2D eigenvalue weighted by atomic mass is 16.1. The highest BCUT2D eigenvalue weighted by molar-refractivity contribution is 6.10. The van der Waals surface area contributed by atoms with E-state index >= 15 is 0 Å². The quantitative estimate of drug-likeness (QED) is 0.611. The van der Waals surface area contributed by atoms with Crippen molar-refractivity contribution in [3.05, 3.63) is 119 Å². The standard InChI is InChI=1S/C25H18O/c26-24-16-22(18-10-5-2-6-11-18)21-13-7-12-19-14-20(15-23(24)25(19)21)17-8-3-1-4-9-17/h1-13,15-16,23H,14H2. The molecule has 5 rings (SSSR count). The lowest BCUT2D eigenvalue weighted by atomic mass is 9.72. The maximum atomic E-state index is 13.0. The number of allylic oxidation sites excluding steroid dienone is 3. The molecule has 1 nitrogen and oxygen atoms in total. The summed E-state index contributed by atoms with van der Waals surface area (Å²) < 4.78 is 0. The van der Waals surface area contributed by atoms with Crippen LogP contribution in [0.1, 0.15) is 33.7 Å². The van der Waals surface area contributed by atoms with Crippen LogP contribution in [0.3, 0.4) is 0 Å². The van der Waals surface area contributed by atoms with Crippen LogP contribution in [-0.4, -0.2) is 5.78 Å². The van der Waals surface area contributed by atoms with Crippen molar-refractivity contribution in [2.45, 2.75) is 12.3 Å². The largest absolute Gasteiger partial charge is 0.294 e. The molecule has 0 radical (unpaired) electrons. The molecule has 0 fully saturated rings. The van der Waals surface area contributed by atoms with Gasteiger partial charge in [0.2, 0.25) is 0 Å². The number of benzene rings is 3. The number of carbonyl (C=O) groups is 1. The van der Waals surface area contributed by atoms with E-state index in [2.05, 4.69) is 60.7 Å². The predicted octanol–water partition coefficient (Wildman–Crippen LogP) is 5.42. The van der Waals surface area contributed by atoms with Crippen molar-refractivity contribution in [3.63, 3.8) is 0 Å². The molecule has 0 aromatic heterocycles. The minimum absolute atomic E-state index is 0.169. The minimum Gasteiger partial charge on any atom is -0.294 e. The van der Waals surface area contributed by atoms with Gasteiger partial charge in [0.05, 0.1) is 5.92 Å². The van der Waals surface area contributed by atoms with Gasteiger partial charge in [0, 0.05) is 0 Å². The van der Waals surface area contributed by atoms with E-state index in [0.717, 1.165) is 17.6 Å². The molecule has 0 spiro atoms. The third-order valence-corrected chi connectivity index (χ3v) is 5.37. The van der Waals surface area contributed by atoms with Gasteiger partial charge in [-0.1, -0.05) is 84.9 Å². The molecule has 26 heavy (non-hydrogen) atoms. The normalized spacial score (nSPS) is 18.0. The Hall–Kier alpha value is -3.19. The number of rotatable bonds is 2.